The van der Waals surface area contributed by atoms with Gasteiger partial charge in [-0.2, -0.15) is 0 Å². The van der Waals surface area contributed by atoms with Crippen molar-refractivity contribution in [2.75, 3.05) is 45.8 Å². The van der Waals surface area contributed by atoms with E-state index in [0.717, 1.165) is 19.6 Å². The molecule has 3 heteroatoms. The second kappa shape index (κ2) is 5.30. The number of piperazine rings is 1. The minimum Gasteiger partial charge on any atom is -0.314 e. The van der Waals surface area contributed by atoms with Gasteiger partial charge in [0.1, 0.15) is 0 Å². The SMILES string of the molecule is CC(C)(CN1CC=CCC1)N1CCNCC1. The van der Waals surface area contributed by atoms with Crippen molar-refractivity contribution in [2.45, 2.75) is 25.8 Å². The molecule has 2 aliphatic rings. The molecule has 2 rings (SSSR count). The predicted octanol–water partition coefficient (Wildman–Crippen LogP) is 0.932. The highest BCUT2D eigenvalue weighted by Crippen LogP contribution is 2.18. The highest BCUT2D eigenvalue weighted by molar-refractivity contribution is 4.95. The van der Waals surface area contributed by atoms with Gasteiger partial charge < -0.3 is 5.32 Å². The van der Waals surface area contributed by atoms with Crippen LogP contribution < -0.4 is 5.32 Å². The maximum absolute atomic E-state index is 3.42. The van der Waals surface area contributed by atoms with Crippen LogP contribution in [0.5, 0.6) is 0 Å². The van der Waals surface area contributed by atoms with Crippen LogP contribution in [0.4, 0.5) is 0 Å². The smallest absolute Gasteiger partial charge is 0.0281 e. The van der Waals surface area contributed by atoms with Crippen LogP contribution in [0.3, 0.4) is 0 Å². The van der Waals surface area contributed by atoms with E-state index in [9.17, 15) is 0 Å². The Hall–Kier alpha value is -0.380. The monoisotopic (exact) mass is 223 g/mol. The maximum Gasteiger partial charge on any atom is 0.0281 e. The molecule has 0 spiro atoms. The minimum atomic E-state index is 0.313. The van der Waals surface area contributed by atoms with Crippen LogP contribution in [0.2, 0.25) is 0 Å². The zero-order chi connectivity index (χ0) is 11.4. The highest BCUT2D eigenvalue weighted by atomic mass is 15.3. The van der Waals surface area contributed by atoms with E-state index < -0.39 is 0 Å². The van der Waals surface area contributed by atoms with Crippen LogP contribution in [0.1, 0.15) is 20.3 Å². The second-order valence-electron chi connectivity index (χ2n) is 5.54. The van der Waals surface area contributed by atoms with E-state index in [1.807, 2.05) is 0 Å². The Kier molecular flexibility index (Phi) is 4.00. The summed E-state index contributed by atoms with van der Waals surface area (Å²) in [6.07, 6.45) is 5.82. The van der Waals surface area contributed by atoms with Gasteiger partial charge in [-0.05, 0) is 20.3 Å². The molecule has 0 radical (unpaired) electrons. The Labute approximate surface area is 99.5 Å². The molecule has 2 heterocycles. The average molecular weight is 223 g/mol. The van der Waals surface area contributed by atoms with E-state index in [0.29, 0.717) is 5.54 Å². The van der Waals surface area contributed by atoms with Crippen molar-refractivity contribution >= 4 is 0 Å². The summed E-state index contributed by atoms with van der Waals surface area (Å²) < 4.78 is 0. The van der Waals surface area contributed by atoms with Crippen LogP contribution >= 0.6 is 0 Å². The number of hydrogen-bond acceptors (Lipinski definition) is 3. The summed E-state index contributed by atoms with van der Waals surface area (Å²) in [5, 5.41) is 3.42. The normalized spacial score (nSPS) is 24.9. The first-order chi connectivity index (χ1) is 7.68. The summed E-state index contributed by atoms with van der Waals surface area (Å²) in [6.45, 7) is 13.0. The Morgan fingerprint density at radius 1 is 1.12 bits per heavy atom. The van der Waals surface area contributed by atoms with Gasteiger partial charge in [-0.15, -0.1) is 0 Å². The standard InChI is InChI=1S/C13H25N3/c1-13(2,16-10-6-14-7-11-16)12-15-8-4-3-5-9-15/h3-4,14H,5-12H2,1-2H3. The summed E-state index contributed by atoms with van der Waals surface area (Å²) >= 11 is 0. The lowest BCUT2D eigenvalue weighted by Gasteiger charge is -2.44. The first-order valence-corrected chi connectivity index (χ1v) is 6.52. The molecule has 1 N–H and O–H groups in total. The topological polar surface area (TPSA) is 18.5 Å². The van der Waals surface area contributed by atoms with Crippen LogP contribution in [0.15, 0.2) is 12.2 Å². The first kappa shape index (κ1) is 12.1. The second-order valence-corrected chi connectivity index (χ2v) is 5.54. The van der Waals surface area contributed by atoms with Crippen molar-refractivity contribution in [1.29, 1.82) is 0 Å². The van der Waals surface area contributed by atoms with Gasteiger partial charge in [-0.3, -0.25) is 9.80 Å². The summed E-state index contributed by atoms with van der Waals surface area (Å²) in [4.78, 5) is 5.20. The minimum absolute atomic E-state index is 0.313. The summed E-state index contributed by atoms with van der Waals surface area (Å²) in [6, 6.07) is 0. The van der Waals surface area contributed by atoms with Crippen LogP contribution in [-0.4, -0.2) is 61.2 Å². The van der Waals surface area contributed by atoms with E-state index in [-0.39, 0.29) is 0 Å². The van der Waals surface area contributed by atoms with E-state index in [1.165, 1.54) is 32.6 Å². The van der Waals surface area contributed by atoms with Gasteiger partial charge in [-0.25, -0.2) is 0 Å². The molecule has 0 bridgehead atoms. The number of nitrogens with one attached hydrogen (secondary N) is 1. The first-order valence-electron chi connectivity index (χ1n) is 6.52. The molecule has 0 atom stereocenters. The third-order valence-electron chi connectivity index (χ3n) is 3.73. The molecule has 3 nitrogen and oxygen atoms in total. The fourth-order valence-electron chi connectivity index (χ4n) is 2.75. The van der Waals surface area contributed by atoms with E-state index >= 15 is 0 Å². The number of nitrogens with zero attached hydrogens (tertiary/aromatic N) is 2. The third kappa shape index (κ3) is 3.06. The summed E-state index contributed by atoms with van der Waals surface area (Å²) in [5.41, 5.74) is 0.313. The molecular formula is C13H25N3. The largest absolute Gasteiger partial charge is 0.314 e. The van der Waals surface area contributed by atoms with E-state index in [2.05, 4.69) is 41.1 Å². The molecule has 0 aromatic rings. The van der Waals surface area contributed by atoms with E-state index in [4.69, 9.17) is 0 Å². The lowest BCUT2D eigenvalue weighted by atomic mass is 10.00. The fourth-order valence-corrected chi connectivity index (χ4v) is 2.75. The van der Waals surface area contributed by atoms with Gasteiger partial charge in [0.15, 0.2) is 0 Å². The van der Waals surface area contributed by atoms with Crippen LogP contribution in [0.25, 0.3) is 0 Å². The van der Waals surface area contributed by atoms with Gasteiger partial charge in [0.2, 0.25) is 0 Å². The maximum atomic E-state index is 3.42. The quantitative estimate of drug-likeness (QED) is 0.718. The zero-order valence-electron chi connectivity index (χ0n) is 10.7. The van der Waals surface area contributed by atoms with Crippen molar-refractivity contribution in [3.8, 4) is 0 Å². The van der Waals surface area contributed by atoms with Crippen molar-refractivity contribution in [3.05, 3.63) is 12.2 Å². The van der Waals surface area contributed by atoms with Gasteiger partial charge in [-0.1, -0.05) is 12.2 Å². The summed E-state index contributed by atoms with van der Waals surface area (Å²) in [7, 11) is 0. The zero-order valence-corrected chi connectivity index (χ0v) is 10.7. The average Bonchev–Trinajstić information content (AvgIpc) is 2.31. The molecule has 2 aliphatic heterocycles. The lowest BCUT2D eigenvalue weighted by Crippen LogP contribution is -2.57. The molecule has 1 fully saturated rings. The van der Waals surface area contributed by atoms with E-state index in [1.54, 1.807) is 0 Å². The van der Waals surface area contributed by atoms with Crippen molar-refractivity contribution in [1.82, 2.24) is 15.1 Å². The van der Waals surface area contributed by atoms with Crippen molar-refractivity contribution in [3.63, 3.8) is 0 Å². The van der Waals surface area contributed by atoms with Gasteiger partial charge in [0.05, 0.1) is 0 Å². The molecule has 0 aliphatic carbocycles. The molecule has 0 aromatic carbocycles. The molecule has 0 saturated carbocycles. The van der Waals surface area contributed by atoms with Gasteiger partial charge in [0.25, 0.3) is 0 Å². The van der Waals surface area contributed by atoms with Crippen molar-refractivity contribution in [2.24, 2.45) is 0 Å². The molecule has 92 valence electrons. The summed E-state index contributed by atoms with van der Waals surface area (Å²) in [5.74, 6) is 0. The Balaban J connectivity index is 1.87. The molecular weight excluding hydrogens is 198 g/mol. The van der Waals surface area contributed by atoms with Crippen LogP contribution in [0, 0.1) is 0 Å². The molecule has 0 aromatic heterocycles. The molecule has 16 heavy (non-hydrogen) atoms. The van der Waals surface area contributed by atoms with Gasteiger partial charge in [0, 0.05) is 51.4 Å². The number of hydrogen-bond donors (Lipinski definition) is 1. The third-order valence-corrected chi connectivity index (χ3v) is 3.73. The molecule has 0 unspecified atom stereocenters. The fraction of sp³-hybridized carbons (Fsp3) is 0.846. The lowest BCUT2D eigenvalue weighted by molar-refractivity contribution is 0.0662. The van der Waals surface area contributed by atoms with Crippen LogP contribution in [-0.2, 0) is 0 Å². The predicted molar refractivity (Wildman–Crippen MR) is 68.7 cm³/mol. The highest BCUT2D eigenvalue weighted by Gasteiger charge is 2.29. The molecule has 1 saturated heterocycles. The van der Waals surface area contributed by atoms with Crippen molar-refractivity contribution < 1.29 is 0 Å². The molecule has 0 amide bonds. The Morgan fingerprint density at radius 3 is 2.50 bits per heavy atom. The van der Waals surface area contributed by atoms with Gasteiger partial charge >= 0.3 is 0 Å². The Bertz CT molecular complexity index is 242. The Morgan fingerprint density at radius 2 is 1.88 bits per heavy atom. The number of rotatable bonds is 3.